The van der Waals surface area contributed by atoms with Crippen molar-refractivity contribution in [2.24, 2.45) is 0 Å². The summed E-state index contributed by atoms with van der Waals surface area (Å²) in [5.41, 5.74) is 3.82. The van der Waals surface area contributed by atoms with E-state index in [9.17, 15) is 4.79 Å². The number of oxazole rings is 1. The van der Waals surface area contributed by atoms with Crippen LogP contribution in [0.4, 0.5) is 0 Å². The van der Waals surface area contributed by atoms with Gasteiger partial charge in [0.1, 0.15) is 6.26 Å². The molecule has 7 heteroatoms. The summed E-state index contributed by atoms with van der Waals surface area (Å²) in [5, 5.41) is 2.92. The van der Waals surface area contributed by atoms with Gasteiger partial charge in [0.15, 0.2) is 17.2 Å². The Hall–Kier alpha value is -3.32. The van der Waals surface area contributed by atoms with Crippen molar-refractivity contribution in [2.45, 2.75) is 52.9 Å². The first-order valence-corrected chi connectivity index (χ1v) is 10.9. The highest BCUT2D eigenvalue weighted by atomic mass is 16.7. The molecule has 1 aliphatic rings. The lowest BCUT2D eigenvalue weighted by molar-refractivity contribution is 0.0934. The zero-order chi connectivity index (χ0) is 22.5. The van der Waals surface area contributed by atoms with Crippen LogP contribution in [0.15, 0.2) is 53.1 Å². The highest BCUT2D eigenvalue weighted by molar-refractivity contribution is 5.92. The molecule has 4 rings (SSSR count). The maximum absolute atomic E-state index is 12.4. The molecule has 0 saturated carbocycles. The molecule has 3 aromatic rings. The molecular formula is C25H29N3O4. The smallest absolute Gasteiger partial charge is 0.273 e. The van der Waals surface area contributed by atoms with Gasteiger partial charge in [0.05, 0.1) is 6.54 Å². The van der Waals surface area contributed by atoms with Gasteiger partial charge >= 0.3 is 0 Å². The van der Waals surface area contributed by atoms with E-state index in [1.807, 2.05) is 32.0 Å². The number of amides is 1. The van der Waals surface area contributed by atoms with Crippen molar-refractivity contribution in [3.63, 3.8) is 0 Å². The summed E-state index contributed by atoms with van der Waals surface area (Å²) in [7, 11) is 0. The standard InChI is InChI=1S/C25H29N3O4/c1-4-18(3)26-25(29)21-15-30-24(27-21)14-28(12-19-7-5-6-17(2)10-19)13-20-8-9-22-23(11-20)32-16-31-22/h5-11,15,18H,4,12-14,16H2,1-3H3,(H,26,29)/t18-/m1/s1. The number of aromatic nitrogens is 1. The van der Waals surface area contributed by atoms with Gasteiger partial charge in [0.25, 0.3) is 5.91 Å². The van der Waals surface area contributed by atoms with Crippen LogP contribution in [0.1, 0.15) is 53.3 Å². The molecule has 1 amide bonds. The molecule has 0 saturated heterocycles. The molecule has 1 N–H and O–H groups in total. The van der Waals surface area contributed by atoms with Gasteiger partial charge in [-0.1, -0.05) is 42.8 Å². The predicted molar refractivity (Wildman–Crippen MR) is 120 cm³/mol. The van der Waals surface area contributed by atoms with E-state index >= 15 is 0 Å². The molecule has 32 heavy (non-hydrogen) atoms. The number of hydrogen-bond acceptors (Lipinski definition) is 6. The topological polar surface area (TPSA) is 76.8 Å². The average molecular weight is 436 g/mol. The summed E-state index contributed by atoms with van der Waals surface area (Å²) in [6.45, 7) is 8.19. The predicted octanol–water partition coefficient (Wildman–Crippen LogP) is 4.44. The Kier molecular flexibility index (Phi) is 6.75. The summed E-state index contributed by atoms with van der Waals surface area (Å²) in [5.74, 6) is 1.82. The fourth-order valence-corrected chi connectivity index (χ4v) is 3.61. The summed E-state index contributed by atoms with van der Waals surface area (Å²) >= 11 is 0. The Morgan fingerprint density at radius 3 is 2.66 bits per heavy atom. The van der Waals surface area contributed by atoms with Gasteiger partial charge in [-0.25, -0.2) is 4.98 Å². The highest BCUT2D eigenvalue weighted by Crippen LogP contribution is 2.33. The molecular weight excluding hydrogens is 406 g/mol. The fraction of sp³-hybridized carbons (Fsp3) is 0.360. The SMILES string of the molecule is CC[C@@H](C)NC(=O)c1coc(CN(Cc2cccc(C)c2)Cc2ccc3c(c2)OCO3)n1. The number of nitrogens with zero attached hydrogens (tertiary/aromatic N) is 2. The van der Waals surface area contributed by atoms with Crippen LogP contribution < -0.4 is 14.8 Å². The molecule has 0 spiro atoms. The molecule has 0 bridgehead atoms. The normalized spacial score (nSPS) is 13.4. The number of rotatable bonds is 9. The largest absolute Gasteiger partial charge is 0.454 e. The maximum Gasteiger partial charge on any atom is 0.273 e. The van der Waals surface area contributed by atoms with Gasteiger partial charge in [-0.2, -0.15) is 0 Å². The maximum atomic E-state index is 12.4. The number of carbonyl (C=O) groups excluding carboxylic acids is 1. The van der Waals surface area contributed by atoms with Crippen LogP contribution in [0.2, 0.25) is 0 Å². The van der Waals surface area contributed by atoms with Crippen LogP contribution >= 0.6 is 0 Å². The van der Waals surface area contributed by atoms with Crippen LogP contribution in [0.3, 0.4) is 0 Å². The number of hydrogen-bond donors (Lipinski definition) is 1. The van der Waals surface area contributed by atoms with Crippen molar-refractivity contribution in [1.82, 2.24) is 15.2 Å². The minimum atomic E-state index is -0.213. The van der Waals surface area contributed by atoms with E-state index in [1.165, 1.54) is 17.4 Å². The highest BCUT2D eigenvalue weighted by Gasteiger charge is 2.18. The van der Waals surface area contributed by atoms with Gasteiger partial charge in [-0.05, 0) is 43.5 Å². The Morgan fingerprint density at radius 2 is 1.88 bits per heavy atom. The first-order valence-electron chi connectivity index (χ1n) is 10.9. The number of fused-ring (bicyclic) bond motifs is 1. The lowest BCUT2D eigenvalue weighted by Crippen LogP contribution is -2.32. The third kappa shape index (κ3) is 5.48. The quantitative estimate of drug-likeness (QED) is 0.535. The second-order valence-electron chi connectivity index (χ2n) is 8.23. The van der Waals surface area contributed by atoms with E-state index in [2.05, 4.69) is 46.4 Å². The summed E-state index contributed by atoms with van der Waals surface area (Å²) in [6.07, 6.45) is 2.29. The molecule has 0 fully saturated rings. The molecule has 2 aromatic carbocycles. The molecule has 2 heterocycles. The molecule has 168 valence electrons. The van der Waals surface area contributed by atoms with Crippen LogP contribution in [-0.4, -0.2) is 28.6 Å². The molecule has 1 aromatic heterocycles. The second-order valence-corrected chi connectivity index (χ2v) is 8.23. The monoisotopic (exact) mass is 435 g/mol. The van der Waals surface area contributed by atoms with Gasteiger partial charge in [-0.3, -0.25) is 9.69 Å². The lowest BCUT2D eigenvalue weighted by Gasteiger charge is -2.21. The van der Waals surface area contributed by atoms with Gasteiger partial charge < -0.3 is 19.2 Å². The molecule has 0 aliphatic carbocycles. The molecule has 0 radical (unpaired) electrons. The Balaban J connectivity index is 1.51. The Bertz CT molecular complexity index is 1080. The summed E-state index contributed by atoms with van der Waals surface area (Å²) in [4.78, 5) is 19.0. The van der Waals surface area contributed by atoms with Crippen LogP contribution in [-0.2, 0) is 19.6 Å². The minimum Gasteiger partial charge on any atom is -0.454 e. The molecule has 0 unspecified atom stereocenters. The Morgan fingerprint density at radius 1 is 1.09 bits per heavy atom. The summed E-state index contributed by atoms with van der Waals surface area (Å²) < 4.78 is 16.6. The Labute approximate surface area is 188 Å². The van der Waals surface area contributed by atoms with E-state index in [-0.39, 0.29) is 18.7 Å². The zero-order valence-corrected chi connectivity index (χ0v) is 18.8. The van der Waals surface area contributed by atoms with E-state index in [0.717, 1.165) is 23.5 Å². The van der Waals surface area contributed by atoms with Crippen LogP contribution in [0.25, 0.3) is 0 Å². The third-order valence-electron chi connectivity index (χ3n) is 5.46. The fourth-order valence-electron chi connectivity index (χ4n) is 3.61. The third-order valence-corrected chi connectivity index (χ3v) is 5.46. The molecule has 1 aliphatic heterocycles. The minimum absolute atomic E-state index is 0.0893. The lowest BCUT2D eigenvalue weighted by atomic mass is 10.1. The first-order chi connectivity index (χ1) is 15.5. The zero-order valence-electron chi connectivity index (χ0n) is 18.8. The van der Waals surface area contributed by atoms with E-state index in [0.29, 0.717) is 31.2 Å². The average Bonchev–Trinajstić information content (AvgIpc) is 3.42. The van der Waals surface area contributed by atoms with E-state index in [1.54, 1.807) is 0 Å². The number of benzene rings is 2. The van der Waals surface area contributed by atoms with Crippen molar-refractivity contribution in [3.05, 3.63) is 77.0 Å². The molecule has 1 atom stereocenters. The number of carbonyl (C=O) groups is 1. The number of nitrogens with one attached hydrogen (secondary N) is 1. The van der Waals surface area contributed by atoms with Crippen LogP contribution in [0.5, 0.6) is 11.5 Å². The van der Waals surface area contributed by atoms with Gasteiger partial charge in [-0.15, -0.1) is 0 Å². The summed E-state index contributed by atoms with van der Waals surface area (Å²) in [6, 6.07) is 14.5. The van der Waals surface area contributed by atoms with Crippen molar-refractivity contribution in [2.75, 3.05) is 6.79 Å². The van der Waals surface area contributed by atoms with Gasteiger partial charge in [0.2, 0.25) is 12.7 Å². The van der Waals surface area contributed by atoms with Crippen molar-refractivity contribution in [1.29, 1.82) is 0 Å². The number of ether oxygens (including phenoxy) is 2. The van der Waals surface area contributed by atoms with Gasteiger partial charge in [0, 0.05) is 19.1 Å². The van der Waals surface area contributed by atoms with Crippen molar-refractivity contribution >= 4 is 5.91 Å². The van der Waals surface area contributed by atoms with E-state index in [4.69, 9.17) is 13.9 Å². The van der Waals surface area contributed by atoms with Crippen LogP contribution in [0, 0.1) is 6.92 Å². The first kappa shape index (κ1) is 21.9. The second kappa shape index (κ2) is 9.87. The molecule has 7 nitrogen and oxygen atoms in total. The van der Waals surface area contributed by atoms with E-state index < -0.39 is 0 Å². The van der Waals surface area contributed by atoms with Crippen molar-refractivity contribution in [3.8, 4) is 11.5 Å². The van der Waals surface area contributed by atoms with Crippen molar-refractivity contribution < 1.29 is 18.7 Å². The number of aryl methyl sites for hydroxylation is 1.